The van der Waals surface area contributed by atoms with E-state index in [0.29, 0.717) is 26.1 Å². The molecule has 4 nitrogen and oxygen atoms in total. The van der Waals surface area contributed by atoms with Gasteiger partial charge in [-0.3, -0.25) is 4.79 Å². The normalized spacial score (nSPS) is 17.0. The number of halogens is 3. The van der Waals surface area contributed by atoms with E-state index >= 15 is 0 Å². The Morgan fingerprint density at radius 2 is 1.87 bits per heavy atom. The smallest absolute Gasteiger partial charge is 0.416 e. The van der Waals surface area contributed by atoms with Crippen LogP contribution < -0.4 is 10.1 Å². The minimum atomic E-state index is -4.56. The molecule has 0 saturated carbocycles. The van der Waals surface area contributed by atoms with Crippen LogP contribution in [0.15, 0.2) is 60.7 Å². The molecule has 1 aliphatic heterocycles. The van der Waals surface area contributed by atoms with Gasteiger partial charge in [0.05, 0.1) is 12.7 Å². The predicted octanol–water partition coefficient (Wildman–Crippen LogP) is 4.52. The van der Waals surface area contributed by atoms with E-state index in [1.165, 1.54) is 13.2 Å². The van der Waals surface area contributed by atoms with E-state index in [1.807, 2.05) is 36.4 Å². The van der Waals surface area contributed by atoms with E-state index in [9.17, 15) is 18.0 Å². The van der Waals surface area contributed by atoms with E-state index in [2.05, 4.69) is 11.4 Å². The van der Waals surface area contributed by atoms with Gasteiger partial charge in [-0.1, -0.05) is 42.5 Å². The predicted molar refractivity (Wildman–Crippen MR) is 113 cm³/mol. The fourth-order valence-corrected chi connectivity index (χ4v) is 4.02. The van der Waals surface area contributed by atoms with Crippen LogP contribution in [0, 0.1) is 0 Å². The molecule has 3 aromatic rings. The molecule has 162 valence electrons. The molecule has 1 saturated heterocycles. The highest BCUT2D eigenvalue weighted by molar-refractivity contribution is 5.95. The lowest BCUT2D eigenvalue weighted by molar-refractivity contribution is -0.137. The lowest BCUT2D eigenvalue weighted by atomic mass is 9.98. The maximum absolute atomic E-state index is 13.3. The first-order valence-corrected chi connectivity index (χ1v) is 10.1. The van der Waals surface area contributed by atoms with Crippen LogP contribution >= 0.6 is 0 Å². The number of amides is 1. The zero-order chi connectivity index (χ0) is 22.0. The van der Waals surface area contributed by atoms with Crippen LogP contribution in [0.1, 0.15) is 21.5 Å². The van der Waals surface area contributed by atoms with Crippen LogP contribution in [-0.2, 0) is 12.6 Å². The summed E-state index contributed by atoms with van der Waals surface area (Å²) < 4.78 is 44.9. The standard InChI is InChI=1S/C24H23F3N2O2/c1-31-22-13-19(12-20(14-22)24(25,26)27)23(30)29-9-8-28-15-21(29)11-16-6-7-17-4-2-3-5-18(17)10-16/h2-7,10,12-14,21,28H,8-9,11,15H2,1H3. The summed E-state index contributed by atoms with van der Waals surface area (Å²) in [5.74, 6) is -0.406. The number of carbonyl (C=O) groups is 1. The average Bonchev–Trinajstić information content (AvgIpc) is 2.78. The van der Waals surface area contributed by atoms with Gasteiger partial charge in [0.1, 0.15) is 5.75 Å². The second-order valence-electron chi connectivity index (χ2n) is 7.69. The van der Waals surface area contributed by atoms with Crippen LogP contribution in [0.3, 0.4) is 0 Å². The maximum Gasteiger partial charge on any atom is 0.416 e. The topological polar surface area (TPSA) is 41.6 Å². The molecular weight excluding hydrogens is 405 g/mol. The summed E-state index contributed by atoms with van der Waals surface area (Å²) in [6.45, 7) is 1.60. The van der Waals surface area contributed by atoms with Crippen molar-refractivity contribution in [1.82, 2.24) is 10.2 Å². The minimum absolute atomic E-state index is 0.0133. The summed E-state index contributed by atoms with van der Waals surface area (Å²) in [7, 11) is 1.29. The number of carbonyl (C=O) groups excluding carboxylic acids is 1. The van der Waals surface area contributed by atoms with Crippen LogP contribution in [0.4, 0.5) is 13.2 Å². The van der Waals surface area contributed by atoms with Crippen LogP contribution in [0.5, 0.6) is 5.75 Å². The van der Waals surface area contributed by atoms with Gasteiger partial charge in [0, 0.05) is 31.2 Å². The molecule has 1 aliphatic rings. The van der Waals surface area contributed by atoms with Crippen molar-refractivity contribution >= 4 is 16.7 Å². The van der Waals surface area contributed by atoms with Gasteiger partial charge >= 0.3 is 6.18 Å². The van der Waals surface area contributed by atoms with E-state index in [-0.39, 0.29) is 17.4 Å². The van der Waals surface area contributed by atoms with E-state index < -0.39 is 17.6 Å². The van der Waals surface area contributed by atoms with Gasteiger partial charge in [0.25, 0.3) is 5.91 Å². The molecular formula is C24H23F3N2O2. The monoisotopic (exact) mass is 428 g/mol. The molecule has 1 heterocycles. The Morgan fingerprint density at radius 3 is 2.61 bits per heavy atom. The summed E-state index contributed by atoms with van der Waals surface area (Å²) in [5.41, 5.74) is 0.167. The molecule has 0 spiro atoms. The SMILES string of the molecule is COc1cc(C(=O)N2CCNCC2Cc2ccc3ccccc3c2)cc(C(F)(F)F)c1. The van der Waals surface area contributed by atoms with E-state index in [1.54, 1.807) is 4.90 Å². The van der Waals surface area contributed by atoms with E-state index in [4.69, 9.17) is 4.74 Å². The van der Waals surface area contributed by atoms with Crippen molar-refractivity contribution in [1.29, 1.82) is 0 Å². The highest BCUT2D eigenvalue weighted by atomic mass is 19.4. The number of ether oxygens (including phenoxy) is 1. The van der Waals surface area contributed by atoms with Crippen molar-refractivity contribution in [2.75, 3.05) is 26.7 Å². The number of alkyl halides is 3. The number of rotatable bonds is 4. The molecule has 1 N–H and O–H groups in total. The molecule has 31 heavy (non-hydrogen) atoms. The zero-order valence-corrected chi connectivity index (χ0v) is 17.1. The van der Waals surface area contributed by atoms with Crippen LogP contribution in [0.25, 0.3) is 10.8 Å². The van der Waals surface area contributed by atoms with Gasteiger partial charge in [0.2, 0.25) is 0 Å². The molecule has 1 fully saturated rings. The molecule has 3 aromatic carbocycles. The summed E-state index contributed by atoms with van der Waals surface area (Å²) in [5, 5.41) is 5.54. The second kappa shape index (κ2) is 8.59. The minimum Gasteiger partial charge on any atom is -0.497 e. The van der Waals surface area contributed by atoms with Gasteiger partial charge in [-0.2, -0.15) is 13.2 Å². The van der Waals surface area contributed by atoms with Gasteiger partial charge in [-0.05, 0) is 41.0 Å². The Bertz CT molecular complexity index is 1100. The van der Waals surface area contributed by atoms with Crippen molar-refractivity contribution < 1.29 is 22.7 Å². The number of nitrogens with one attached hydrogen (secondary N) is 1. The lowest BCUT2D eigenvalue weighted by Gasteiger charge is -2.36. The third-order valence-corrected chi connectivity index (χ3v) is 5.61. The Labute approximate surface area is 178 Å². The average molecular weight is 428 g/mol. The molecule has 4 rings (SSSR count). The second-order valence-corrected chi connectivity index (χ2v) is 7.69. The van der Waals surface area contributed by atoms with Crippen molar-refractivity contribution in [3.05, 3.63) is 77.4 Å². The summed E-state index contributed by atoms with van der Waals surface area (Å²) in [6.07, 6.45) is -3.95. The molecule has 0 aliphatic carbocycles. The summed E-state index contributed by atoms with van der Waals surface area (Å²) in [6, 6.07) is 17.2. The first kappa shape index (κ1) is 21.2. The number of benzene rings is 3. The fourth-order valence-electron chi connectivity index (χ4n) is 4.02. The zero-order valence-electron chi connectivity index (χ0n) is 17.1. The molecule has 1 unspecified atom stereocenters. The summed E-state index contributed by atoms with van der Waals surface area (Å²) in [4.78, 5) is 14.9. The van der Waals surface area contributed by atoms with E-state index in [0.717, 1.165) is 28.5 Å². The highest BCUT2D eigenvalue weighted by Gasteiger charge is 2.34. The van der Waals surface area contributed by atoms with Crippen LogP contribution in [-0.4, -0.2) is 43.6 Å². The quantitative estimate of drug-likeness (QED) is 0.664. The number of nitrogens with zero attached hydrogens (tertiary/aromatic N) is 1. The number of hydrogen-bond acceptors (Lipinski definition) is 3. The largest absolute Gasteiger partial charge is 0.497 e. The number of methoxy groups -OCH3 is 1. The van der Waals surface area contributed by atoms with Gasteiger partial charge in [-0.25, -0.2) is 0 Å². The maximum atomic E-state index is 13.3. The molecule has 1 atom stereocenters. The van der Waals surface area contributed by atoms with Crippen molar-refractivity contribution in [2.24, 2.45) is 0 Å². The lowest BCUT2D eigenvalue weighted by Crippen LogP contribution is -2.54. The Morgan fingerprint density at radius 1 is 1.10 bits per heavy atom. The van der Waals surface area contributed by atoms with Gasteiger partial charge in [0.15, 0.2) is 0 Å². The van der Waals surface area contributed by atoms with Crippen molar-refractivity contribution in [2.45, 2.75) is 18.6 Å². The number of hydrogen-bond donors (Lipinski definition) is 1. The van der Waals surface area contributed by atoms with Crippen molar-refractivity contribution in [3.63, 3.8) is 0 Å². The number of fused-ring (bicyclic) bond motifs is 1. The fraction of sp³-hybridized carbons (Fsp3) is 0.292. The molecule has 7 heteroatoms. The highest BCUT2D eigenvalue weighted by Crippen LogP contribution is 2.33. The Kier molecular flexibility index (Phi) is 5.87. The Balaban J connectivity index is 1.61. The molecule has 0 aromatic heterocycles. The third kappa shape index (κ3) is 4.66. The van der Waals surface area contributed by atoms with Gasteiger partial charge < -0.3 is 15.0 Å². The molecule has 1 amide bonds. The third-order valence-electron chi connectivity index (χ3n) is 5.61. The summed E-state index contributed by atoms with van der Waals surface area (Å²) >= 11 is 0. The Hall–Kier alpha value is -3.06. The first-order chi connectivity index (χ1) is 14.8. The molecule has 0 radical (unpaired) electrons. The first-order valence-electron chi connectivity index (χ1n) is 10.1. The van der Waals surface area contributed by atoms with Crippen LogP contribution in [0.2, 0.25) is 0 Å². The number of piperazine rings is 1. The molecule has 0 bridgehead atoms. The van der Waals surface area contributed by atoms with Gasteiger partial charge in [-0.15, -0.1) is 0 Å². The van der Waals surface area contributed by atoms with Crippen molar-refractivity contribution in [3.8, 4) is 5.75 Å².